The summed E-state index contributed by atoms with van der Waals surface area (Å²) in [4.78, 5) is 20.0. The molecule has 0 aliphatic carbocycles. The lowest BCUT2D eigenvalue weighted by Crippen LogP contribution is -2.31. The van der Waals surface area contributed by atoms with E-state index in [9.17, 15) is 4.79 Å². The lowest BCUT2D eigenvalue weighted by atomic mass is 10.0. The van der Waals surface area contributed by atoms with Crippen LogP contribution in [0.3, 0.4) is 0 Å². The highest BCUT2D eigenvalue weighted by molar-refractivity contribution is 5.97. The number of pyridine rings is 1. The molecule has 142 valence electrons. The predicted molar refractivity (Wildman–Crippen MR) is 110 cm³/mol. The Morgan fingerprint density at radius 2 is 1.79 bits per heavy atom. The monoisotopic (exact) mass is 372 g/mol. The van der Waals surface area contributed by atoms with Gasteiger partial charge in [0.05, 0.1) is 24.4 Å². The number of carbonyl (C=O) groups excluding carboxylic acids is 1. The highest BCUT2D eigenvalue weighted by atomic mass is 16.5. The maximum absolute atomic E-state index is 13.3. The van der Waals surface area contributed by atoms with Crippen LogP contribution in [0.25, 0.3) is 11.1 Å². The van der Waals surface area contributed by atoms with Crippen LogP contribution in [0.4, 0.5) is 0 Å². The Balaban J connectivity index is 1.69. The summed E-state index contributed by atoms with van der Waals surface area (Å²) >= 11 is 0. The van der Waals surface area contributed by atoms with E-state index < -0.39 is 0 Å². The SMILES string of the molecule is COc1ccccc1C(=O)N1CCCC1c1cc(-c2ccccc2)cc(C)n1. The number of amides is 1. The van der Waals surface area contributed by atoms with Crippen molar-refractivity contribution in [3.05, 3.63) is 83.7 Å². The standard InChI is InChI=1S/C24H24N2O2/c1-17-15-19(18-9-4-3-5-10-18)16-21(25-17)22-12-8-14-26(22)24(27)20-11-6-7-13-23(20)28-2/h3-7,9-11,13,15-16,22H,8,12,14H2,1-2H3. The quantitative estimate of drug-likeness (QED) is 0.644. The molecule has 0 N–H and O–H groups in total. The van der Waals surface area contributed by atoms with Gasteiger partial charge in [-0.25, -0.2) is 0 Å². The largest absolute Gasteiger partial charge is 0.496 e. The summed E-state index contributed by atoms with van der Waals surface area (Å²) < 4.78 is 5.40. The van der Waals surface area contributed by atoms with E-state index in [0.29, 0.717) is 11.3 Å². The molecule has 0 spiro atoms. The Hall–Kier alpha value is -3.14. The Kier molecular flexibility index (Phi) is 5.11. The summed E-state index contributed by atoms with van der Waals surface area (Å²) in [5.41, 5.74) is 4.83. The molecule has 0 bridgehead atoms. The number of likely N-dealkylation sites (tertiary alicyclic amines) is 1. The zero-order chi connectivity index (χ0) is 19.5. The molecule has 2 heterocycles. The summed E-state index contributed by atoms with van der Waals surface area (Å²) in [5, 5.41) is 0. The number of aryl methyl sites for hydroxylation is 1. The van der Waals surface area contributed by atoms with Gasteiger partial charge in [-0.3, -0.25) is 9.78 Å². The van der Waals surface area contributed by atoms with Crippen LogP contribution < -0.4 is 4.74 Å². The van der Waals surface area contributed by atoms with Crippen molar-refractivity contribution in [2.45, 2.75) is 25.8 Å². The Morgan fingerprint density at radius 3 is 2.57 bits per heavy atom. The third-order valence-corrected chi connectivity index (χ3v) is 5.27. The van der Waals surface area contributed by atoms with Gasteiger partial charge < -0.3 is 9.64 Å². The van der Waals surface area contributed by atoms with Gasteiger partial charge in [0.2, 0.25) is 0 Å². The van der Waals surface area contributed by atoms with Crippen molar-refractivity contribution in [2.75, 3.05) is 13.7 Å². The number of para-hydroxylation sites is 1. The topological polar surface area (TPSA) is 42.4 Å². The molecule has 0 saturated carbocycles. The first-order valence-electron chi connectivity index (χ1n) is 9.65. The second-order valence-corrected chi connectivity index (χ2v) is 7.14. The van der Waals surface area contributed by atoms with Crippen molar-refractivity contribution in [1.82, 2.24) is 9.88 Å². The van der Waals surface area contributed by atoms with Crippen LogP contribution in [0.15, 0.2) is 66.7 Å². The third-order valence-electron chi connectivity index (χ3n) is 5.27. The van der Waals surface area contributed by atoms with Crippen LogP contribution in [0.2, 0.25) is 0 Å². The molecule has 1 aromatic heterocycles. The number of ether oxygens (including phenoxy) is 1. The number of hydrogen-bond acceptors (Lipinski definition) is 3. The molecule has 1 amide bonds. The first-order chi connectivity index (χ1) is 13.7. The van der Waals surface area contributed by atoms with E-state index in [1.165, 1.54) is 0 Å². The summed E-state index contributed by atoms with van der Waals surface area (Å²) in [6.45, 7) is 2.75. The van der Waals surface area contributed by atoms with E-state index in [1.807, 2.05) is 54.3 Å². The summed E-state index contributed by atoms with van der Waals surface area (Å²) in [6.07, 6.45) is 1.90. The lowest BCUT2D eigenvalue weighted by Gasteiger charge is -2.26. The molecular weight excluding hydrogens is 348 g/mol. The van der Waals surface area contributed by atoms with Crippen molar-refractivity contribution in [1.29, 1.82) is 0 Å². The van der Waals surface area contributed by atoms with Crippen molar-refractivity contribution < 1.29 is 9.53 Å². The first kappa shape index (κ1) is 18.2. The van der Waals surface area contributed by atoms with Gasteiger partial charge in [0.1, 0.15) is 5.75 Å². The summed E-state index contributed by atoms with van der Waals surface area (Å²) in [6, 6.07) is 21.9. The molecule has 1 aliphatic rings. The molecule has 2 aromatic carbocycles. The molecule has 1 fully saturated rings. The zero-order valence-corrected chi connectivity index (χ0v) is 16.3. The fourth-order valence-corrected chi connectivity index (χ4v) is 3.96. The number of nitrogens with zero attached hydrogens (tertiary/aromatic N) is 2. The first-order valence-corrected chi connectivity index (χ1v) is 9.65. The number of benzene rings is 2. The van der Waals surface area contributed by atoms with Crippen LogP contribution in [0, 0.1) is 6.92 Å². The van der Waals surface area contributed by atoms with E-state index in [-0.39, 0.29) is 11.9 Å². The Labute approximate surface area is 165 Å². The van der Waals surface area contributed by atoms with E-state index in [4.69, 9.17) is 9.72 Å². The van der Waals surface area contributed by atoms with Crippen molar-refractivity contribution in [2.24, 2.45) is 0 Å². The summed E-state index contributed by atoms with van der Waals surface area (Å²) in [5.74, 6) is 0.616. The molecular formula is C24H24N2O2. The number of methoxy groups -OCH3 is 1. The van der Waals surface area contributed by atoms with Gasteiger partial charge in [0.25, 0.3) is 5.91 Å². The van der Waals surface area contributed by atoms with Gasteiger partial charge >= 0.3 is 0 Å². The highest BCUT2D eigenvalue weighted by Crippen LogP contribution is 2.35. The van der Waals surface area contributed by atoms with E-state index in [0.717, 1.165) is 41.9 Å². The number of aromatic nitrogens is 1. The fraction of sp³-hybridized carbons (Fsp3) is 0.250. The molecule has 1 aliphatic heterocycles. The second-order valence-electron chi connectivity index (χ2n) is 7.14. The maximum Gasteiger partial charge on any atom is 0.258 e. The van der Waals surface area contributed by atoms with Crippen LogP contribution >= 0.6 is 0 Å². The normalized spacial score (nSPS) is 16.2. The van der Waals surface area contributed by atoms with E-state index in [1.54, 1.807) is 7.11 Å². The van der Waals surface area contributed by atoms with Crippen LogP contribution in [-0.4, -0.2) is 29.4 Å². The van der Waals surface area contributed by atoms with Crippen molar-refractivity contribution in [3.8, 4) is 16.9 Å². The Bertz CT molecular complexity index is 985. The minimum Gasteiger partial charge on any atom is -0.496 e. The van der Waals surface area contributed by atoms with Crippen LogP contribution in [0.1, 0.15) is 40.6 Å². The average molecular weight is 372 g/mol. The van der Waals surface area contributed by atoms with Gasteiger partial charge in [0.15, 0.2) is 0 Å². The molecule has 1 saturated heterocycles. The predicted octanol–water partition coefficient (Wildman–Crippen LogP) is 5.04. The second kappa shape index (κ2) is 7.85. The number of rotatable bonds is 4. The number of hydrogen-bond donors (Lipinski definition) is 0. The van der Waals surface area contributed by atoms with Crippen molar-refractivity contribution >= 4 is 5.91 Å². The van der Waals surface area contributed by atoms with E-state index in [2.05, 4.69) is 24.3 Å². The van der Waals surface area contributed by atoms with Gasteiger partial charge in [-0.1, -0.05) is 42.5 Å². The smallest absolute Gasteiger partial charge is 0.258 e. The van der Waals surface area contributed by atoms with E-state index >= 15 is 0 Å². The van der Waals surface area contributed by atoms with Crippen LogP contribution in [-0.2, 0) is 0 Å². The highest BCUT2D eigenvalue weighted by Gasteiger charge is 2.33. The number of carbonyl (C=O) groups is 1. The van der Waals surface area contributed by atoms with Crippen LogP contribution in [0.5, 0.6) is 5.75 Å². The van der Waals surface area contributed by atoms with Crippen molar-refractivity contribution in [3.63, 3.8) is 0 Å². The molecule has 4 rings (SSSR count). The molecule has 1 unspecified atom stereocenters. The lowest BCUT2D eigenvalue weighted by molar-refractivity contribution is 0.0729. The Morgan fingerprint density at radius 1 is 1.04 bits per heavy atom. The van der Waals surface area contributed by atoms with Gasteiger partial charge in [-0.2, -0.15) is 0 Å². The molecule has 4 heteroatoms. The minimum atomic E-state index is -0.0141. The zero-order valence-electron chi connectivity index (χ0n) is 16.3. The molecule has 1 atom stereocenters. The summed E-state index contributed by atoms with van der Waals surface area (Å²) in [7, 11) is 1.60. The molecule has 28 heavy (non-hydrogen) atoms. The minimum absolute atomic E-state index is 0.00418. The third kappa shape index (κ3) is 3.50. The average Bonchev–Trinajstić information content (AvgIpc) is 3.23. The van der Waals surface area contributed by atoms with Gasteiger partial charge in [0, 0.05) is 12.2 Å². The fourth-order valence-electron chi connectivity index (χ4n) is 3.96. The molecule has 4 nitrogen and oxygen atoms in total. The molecule has 0 radical (unpaired) electrons. The molecule has 3 aromatic rings. The van der Waals surface area contributed by atoms with Gasteiger partial charge in [-0.15, -0.1) is 0 Å². The maximum atomic E-state index is 13.3. The van der Waals surface area contributed by atoms with Gasteiger partial charge in [-0.05, 0) is 55.2 Å².